The molecule has 0 aromatic carbocycles. The molecule has 0 amide bonds. The molecule has 1 unspecified atom stereocenters. The minimum Gasteiger partial charge on any atom is -0.464 e. The summed E-state index contributed by atoms with van der Waals surface area (Å²) < 4.78 is 4.65. The van der Waals surface area contributed by atoms with E-state index in [2.05, 4.69) is 38.8 Å². The Morgan fingerprint density at radius 1 is 1.53 bits per heavy atom. The second kappa shape index (κ2) is 6.33. The van der Waals surface area contributed by atoms with Crippen LogP contribution in [0.4, 0.5) is 5.69 Å². The monoisotopic (exact) mass is 276 g/mol. The van der Waals surface area contributed by atoms with Gasteiger partial charge in [0.1, 0.15) is 5.69 Å². The Morgan fingerprint density at radius 2 is 2.37 bits per heavy atom. The van der Waals surface area contributed by atoms with E-state index in [-0.39, 0.29) is 6.04 Å². The molecule has 2 aromatic rings. The Balaban J connectivity index is 2.00. The summed E-state index contributed by atoms with van der Waals surface area (Å²) in [5, 5.41) is 7.57. The molecule has 2 heterocycles. The van der Waals surface area contributed by atoms with E-state index in [4.69, 9.17) is 0 Å². The van der Waals surface area contributed by atoms with Crippen molar-refractivity contribution in [3.8, 4) is 0 Å². The average molecular weight is 276 g/mol. The van der Waals surface area contributed by atoms with Gasteiger partial charge in [0.15, 0.2) is 0 Å². The molecule has 0 aliphatic heterocycles. The number of nitrogens with one attached hydrogen (secondary N) is 1. The third-order valence-corrected chi connectivity index (χ3v) is 3.42. The van der Waals surface area contributed by atoms with E-state index in [0.717, 1.165) is 12.1 Å². The SMILES string of the molecule is COC(=O)c1cc(NC(C)Cc2ccsc2)ccn1. The molecule has 5 heteroatoms. The van der Waals surface area contributed by atoms with Crippen molar-refractivity contribution in [2.24, 2.45) is 0 Å². The number of ether oxygens (including phenoxy) is 1. The van der Waals surface area contributed by atoms with Gasteiger partial charge in [-0.05, 0) is 47.9 Å². The summed E-state index contributed by atoms with van der Waals surface area (Å²) >= 11 is 1.70. The maximum absolute atomic E-state index is 11.4. The lowest BCUT2D eigenvalue weighted by Crippen LogP contribution is -2.18. The highest BCUT2D eigenvalue weighted by molar-refractivity contribution is 7.07. The standard InChI is InChI=1S/C14H16N2O2S/c1-10(7-11-4-6-19-9-11)16-12-3-5-15-13(8-12)14(17)18-2/h3-6,8-10H,7H2,1-2H3,(H,15,16). The molecule has 1 N–H and O–H groups in total. The van der Waals surface area contributed by atoms with Gasteiger partial charge in [-0.25, -0.2) is 9.78 Å². The highest BCUT2D eigenvalue weighted by Crippen LogP contribution is 2.14. The van der Waals surface area contributed by atoms with Gasteiger partial charge < -0.3 is 10.1 Å². The van der Waals surface area contributed by atoms with Gasteiger partial charge in [0.05, 0.1) is 7.11 Å². The number of aromatic nitrogens is 1. The molecular weight excluding hydrogens is 260 g/mol. The summed E-state index contributed by atoms with van der Waals surface area (Å²) in [6.07, 6.45) is 2.55. The van der Waals surface area contributed by atoms with Gasteiger partial charge in [-0.2, -0.15) is 11.3 Å². The number of rotatable bonds is 5. The van der Waals surface area contributed by atoms with Crippen LogP contribution >= 0.6 is 11.3 Å². The largest absolute Gasteiger partial charge is 0.464 e. The van der Waals surface area contributed by atoms with Crippen LogP contribution in [0, 0.1) is 0 Å². The molecule has 100 valence electrons. The zero-order valence-electron chi connectivity index (χ0n) is 10.9. The van der Waals surface area contributed by atoms with Gasteiger partial charge in [-0.1, -0.05) is 0 Å². The number of hydrogen-bond acceptors (Lipinski definition) is 5. The van der Waals surface area contributed by atoms with Crippen molar-refractivity contribution in [1.29, 1.82) is 0 Å². The summed E-state index contributed by atoms with van der Waals surface area (Å²) in [6.45, 7) is 2.11. The molecule has 4 nitrogen and oxygen atoms in total. The number of carbonyl (C=O) groups excluding carboxylic acids is 1. The van der Waals surface area contributed by atoms with E-state index < -0.39 is 5.97 Å². The number of thiophene rings is 1. The first kappa shape index (κ1) is 13.5. The Bertz CT molecular complexity index is 540. The molecule has 0 aliphatic carbocycles. The summed E-state index contributed by atoms with van der Waals surface area (Å²) in [4.78, 5) is 15.4. The van der Waals surface area contributed by atoms with Crippen LogP contribution in [0.3, 0.4) is 0 Å². The predicted octanol–water partition coefficient (Wildman–Crippen LogP) is 2.97. The molecule has 19 heavy (non-hydrogen) atoms. The van der Waals surface area contributed by atoms with Crippen molar-refractivity contribution in [3.05, 3.63) is 46.4 Å². The molecule has 0 bridgehead atoms. The number of hydrogen-bond donors (Lipinski definition) is 1. The van der Waals surface area contributed by atoms with Gasteiger partial charge in [-0.15, -0.1) is 0 Å². The summed E-state index contributed by atoms with van der Waals surface area (Å²) in [7, 11) is 1.35. The van der Waals surface area contributed by atoms with E-state index in [1.54, 1.807) is 23.6 Å². The lowest BCUT2D eigenvalue weighted by atomic mass is 10.1. The Labute approximate surface area is 116 Å². The molecule has 0 fully saturated rings. The van der Waals surface area contributed by atoms with Crippen molar-refractivity contribution in [2.45, 2.75) is 19.4 Å². The molecular formula is C14H16N2O2S. The molecule has 1 atom stereocenters. The number of anilines is 1. The second-order valence-electron chi connectivity index (χ2n) is 4.30. The molecule has 0 saturated carbocycles. The Kier molecular flexibility index (Phi) is 4.52. The Morgan fingerprint density at radius 3 is 3.05 bits per heavy atom. The van der Waals surface area contributed by atoms with Crippen LogP contribution in [0.15, 0.2) is 35.2 Å². The fourth-order valence-corrected chi connectivity index (χ4v) is 2.52. The fourth-order valence-electron chi connectivity index (χ4n) is 1.83. The smallest absolute Gasteiger partial charge is 0.356 e. The third kappa shape index (κ3) is 3.79. The first-order chi connectivity index (χ1) is 9.19. The van der Waals surface area contributed by atoms with Crippen LogP contribution in [0.25, 0.3) is 0 Å². The fraction of sp³-hybridized carbons (Fsp3) is 0.286. The summed E-state index contributed by atoms with van der Waals surface area (Å²) in [5.74, 6) is -0.422. The van der Waals surface area contributed by atoms with E-state index in [9.17, 15) is 4.79 Å². The third-order valence-electron chi connectivity index (χ3n) is 2.69. The predicted molar refractivity (Wildman–Crippen MR) is 76.7 cm³/mol. The zero-order valence-corrected chi connectivity index (χ0v) is 11.7. The molecule has 0 aliphatic rings. The van der Waals surface area contributed by atoms with Crippen LogP contribution in [-0.2, 0) is 11.2 Å². The zero-order chi connectivity index (χ0) is 13.7. The lowest BCUT2D eigenvalue weighted by Gasteiger charge is -2.14. The molecule has 0 radical (unpaired) electrons. The van der Waals surface area contributed by atoms with Gasteiger partial charge in [-0.3, -0.25) is 0 Å². The molecule has 2 aromatic heterocycles. The second-order valence-corrected chi connectivity index (χ2v) is 5.08. The van der Waals surface area contributed by atoms with E-state index in [1.807, 2.05) is 6.07 Å². The van der Waals surface area contributed by atoms with E-state index >= 15 is 0 Å². The topological polar surface area (TPSA) is 51.2 Å². The van der Waals surface area contributed by atoms with Crippen LogP contribution < -0.4 is 5.32 Å². The van der Waals surface area contributed by atoms with Crippen LogP contribution in [0.5, 0.6) is 0 Å². The lowest BCUT2D eigenvalue weighted by molar-refractivity contribution is 0.0594. The van der Waals surface area contributed by atoms with Gasteiger partial charge in [0.2, 0.25) is 0 Å². The quantitative estimate of drug-likeness (QED) is 0.853. The van der Waals surface area contributed by atoms with Crippen molar-refractivity contribution in [1.82, 2.24) is 4.98 Å². The van der Waals surface area contributed by atoms with E-state index in [1.165, 1.54) is 12.7 Å². The molecule has 2 rings (SSSR count). The van der Waals surface area contributed by atoms with Gasteiger partial charge >= 0.3 is 5.97 Å². The minimum atomic E-state index is -0.422. The maximum atomic E-state index is 11.4. The summed E-state index contributed by atoms with van der Waals surface area (Å²) in [5.41, 5.74) is 2.50. The highest BCUT2D eigenvalue weighted by atomic mass is 32.1. The van der Waals surface area contributed by atoms with Crippen molar-refractivity contribution >= 4 is 23.0 Å². The Hall–Kier alpha value is -1.88. The number of carbonyl (C=O) groups is 1. The maximum Gasteiger partial charge on any atom is 0.356 e. The van der Waals surface area contributed by atoms with Crippen LogP contribution in [0.2, 0.25) is 0 Å². The number of pyridine rings is 1. The minimum absolute atomic E-state index is 0.280. The van der Waals surface area contributed by atoms with E-state index in [0.29, 0.717) is 5.69 Å². The van der Waals surface area contributed by atoms with Crippen LogP contribution in [0.1, 0.15) is 23.0 Å². The van der Waals surface area contributed by atoms with Crippen molar-refractivity contribution in [2.75, 3.05) is 12.4 Å². The normalized spacial score (nSPS) is 11.9. The first-order valence-corrected chi connectivity index (χ1v) is 6.95. The highest BCUT2D eigenvalue weighted by Gasteiger charge is 2.09. The number of nitrogens with zero attached hydrogens (tertiary/aromatic N) is 1. The van der Waals surface area contributed by atoms with Crippen LogP contribution in [-0.4, -0.2) is 24.1 Å². The average Bonchev–Trinajstić information content (AvgIpc) is 2.90. The summed E-state index contributed by atoms with van der Waals surface area (Å²) in [6, 6.07) is 5.95. The molecule has 0 spiro atoms. The first-order valence-electron chi connectivity index (χ1n) is 6.01. The van der Waals surface area contributed by atoms with Crippen molar-refractivity contribution in [3.63, 3.8) is 0 Å². The van der Waals surface area contributed by atoms with Gasteiger partial charge in [0.25, 0.3) is 0 Å². The number of esters is 1. The molecule has 0 saturated heterocycles. The van der Waals surface area contributed by atoms with Crippen molar-refractivity contribution < 1.29 is 9.53 Å². The van der Waals surface area contributed by atoms with Gasteiger partial charge in [0, 0.05) is 17.9 Å². The number of methoxy groups -OCH3 is 1.